The van der Waals surface area contributed by atoms with Crippen LogP contribution in [-0.4, -0.2) is 28.1 Å². The number of nitrogens with one attached hydrogen (secondary N) is 1. The molecule has 0 atom stereocenters. The first-order valence-electron chi connectivity index (χ1n) is 4.90. The van der Waals surface area contributed by atoms with E-state index in [9.17, 15) is 4.79 Å². The van der Waals surface area contributed by atoms with Gasteiger partial charge in [0.1, 0.15) is 5.82 Å². The van der Waals surface area contributed by atoms with Gasteiger partial charge in [0.2, 0.25) is 5.82 Å². The van der Waals surface area contributed by atoms with Gasteiger partial charge < -0.3 is 4.90 Å². The Balaban J connectivity index is 2.23. The molecule has 0 radical (unpaired) electrons. The Morgan fingerprint density at radius 3 is 2.56 bits per heavy atom. The molecule has 0 aliphatic carbocycles. The summed E-state index contributed by atoms with van der Waals surface area (Å²) >= 11 is 0. The van der Waals surface area contributed by atoms with E-state index in [0.717, 1.165) is 5.69 Å². The highest BCUT2D eigenvalue weighted by Gasteiger charge is 2.17. The maximum absolute atomic E-state index is 11.9. The molecule has 2 rings (SSSR count). The van der Waals surface area contributed by atoms with E-state index in [-0.39, 0.29) is 11.7 Å². The number of aromatic amines is 1. The summed E-state index contributed by atoms with van der Waals surface area (Å²) in [6.07, 6.45) is 0. The van der Waals surface area contributed by atoms with E-state index in [2.05, 4.69) is 15.2 Å². The van der Waals surface area contributed by atoms with Crippen molar-refractivity contribution in [3.8, 4) is 0 Å². The van der Waals surface area contributed by atoms with Crippen LogP contribution in [-0.2, 0) is 0 Å². The van der Waals surface area contributed by atoms with E-state index in [4.69, 9.17) is 0 Å². The quantitative estimate of drug-likeness (QED) is 0.825. The Hall–Kier alpha value is -2.17. The molecule has 0 bridgehead atoms. The average Bonchev–Trinajstić information content (AvgIpc) is 2.75. The fraction of sp³-hybridized carbons (Fsp3) is 0.182. The standard InChI is InChI=1S/C11H12N4O/c1-8-12-10(14-13-8)11(16)15(2)9-6-4-3-5-7-9/h3-7H,1-2H3,(H,12,13,14). The van der Waals surface area contributed by atoms with Crippen LogP contribution in [0.25, 0.3) is 0 Å². The van der Waals surface area contributed by atoms with Gasteiger partial charge in [-0.3, -0.25) is 9.89 Å². The second kappa shape index (κ2) is 4.14. The van der Waals surface area contributed by atoms with E-state index in [1.165, 1.54) is 4.90 Å². The smallest absolute Gasteiger partial charge is 0.297 e. The molecule has 5 nitrogen and oxygen atoms in total. The van der Waals surface area contributed by atoms with Gasteiger partial charge in [-0.15, -0.1) is 5.10 Å². The lowest BCUT2D eigenvalue weighted by atomic mass is 10.3. The summed E-state index contributed by atoms with van der Waals surface area (Å²) in [5, 5.41) is 6.48. The number of carbonyl (C=O) groups excluding carboxylic acids is 1. The molecular weight excluding hydrogens is 204 g/mol. The molecule has 0 fully saturated rings. The van der Waals surface area contributed by atoms with Crippen LogP contribution in [0.15, 0.2) is 30.3 Å². The molecule has 0 saturated carbocycles. The lowest BCUT2D eigenvalue weighted by molar-refractivity contribution is 0.0983. The maximum atomic E-state index is 11.9. The van der Waals surface area contributed by atoms with Gasteiger partial charge in [-0.2, -0.15) is 0 Å². The number of aryl methyl sites for hydroxylation is 1. The van der Waals surface area contributed by atoms with Crippen molar-refractivity contribution in [2.24, 2.45) is 0 Å². The van der Waals surface area contributed by atoms with Crippen molar-refractivity contribution in [1.29, 1.82) is 0 Å². The average molecular weight is 216 g/mol. The number of hydrogen-bond donors (Lipinski definition) is 1. The molecule has 82 valence electrons. The highest BCUT2D eigenvalue weighted by molar-refractivity contribution is 6.03. The lowest BCUT2D eigenvalue weighted by Crippen LogP contribution is -2.27. The highest BCUT2D eigenvalue weighted by Crippen LogP contribution is 2.12. The van der Waals surface area contributed by atoms with E-state index in [1.807, 2.05) is 30.3 Å². The number of hydrogen-bond acceptors (Lipinski definition) is 3. The molecule has 1 aromatic carbocycles. The summed E-state index contributed by atoms with van der Waals surface area (Å²) in [7, 11) is 1.70. The molecule has 16 heavy (non-hydrogen) atoms. The molecule has 1 N–H and O–H groups in total. The number of aromatic nitrogens is 3. The van der Waals surface area contributed by atoms with Gasteiger partial charge in [0, 0.05) is 12.7 Å². The Morgan fingerprint density at radius 2 is 2.00 bits per heavy atom. The van der Waals surface area contributed by atoms with Crippen molar-refractivity contribution in [2.75, 3.05) is 11.9 Å². The summed E-state index contributed by atoms with van der Waals surface area (Å²) in [6.45, 7) is 1.76. The number of benzene rings is 1. The van der Waals surface area contributed by atoms with Crippen LogP contribution in [0.2, 0.25) is 0 Å². The van der Waals surface area contributed by atoms with E-state index in [0.29, 0.717) is 5.82 Å². The predicted octanol–water partition coefficient (Wildman–Crippen LogP) is 1.39. The van der Waals surface area contributed by atoms with Crippen molar-refractivity contribution in [3.05, 3.63) is 42.0 Å². The zero-order valence-corrected chi connectivity index (χ0v) is 9.14. The molecule has 1 amide bonds. The fourth-order valence-electron chi connectivity index (χ4n) is 1.36. The third-order valence-electron chi connectivity index (χ3n) is 2.24. The first-order valence-corrected chi connectivity index (χ1v) is 4.90. The predicted molar refractivity (Wildman–Crippen MR) is 60.3 cm³/mol. The van der Waals surface area contributed by atoms with E-state index >= 15 is 0 Å². The number of carbonyl (C=O) groups is 1. The maximum Gasteiger partial charge on any atom is 0.297 e. The van der Waals surface area contributed by atoms with Crippen LogP contribution in [0.3, 0.4) is 0 Å². The van der Waals surface area contributed by atoms with Crippen LogP contribution in [0, 0.1) is 6.92 Å². The number of H-pyrrole nitrogens is 1. The second-order valence-corrected chi connectivity index (χ2v) is 3.44. The highest BCUT2D eigenvalue weighted by atomic mass is 16.2. The molecule has 1 heterocycles. The zero-order valence-electron chi connectivity index (χ0n) is 9.14. The van der Waals surface area contributed by atoms with Crippen molar-refractivity contribution in [3.63, 3.8) is 0 Å². The molecular formula is C11H12N4O. The first-order chi connectivity index (χ1) is 7.68. The van der Waals surface area contributed by atoms with E-state index in [1.54, 1.807) is 14.0 Å². The first kappa shape index (κ1) is 10.4. The van der Waals surface area contributed by atoms with Crippen LogP contribution in [0.1, 0.15) is 16.4 Å². The molecule has 0 aliphatic heterocycles. The van der Waals surface area contributed by atoms with Crippen molar-refractivity contribution in [2.45, 2.75) is 6.92 Å². The normalized spacial score (nSPS) is 10.1. The summed E-state index contributed by atoms with van der Waals surface area (Å²) in [4.78, 5) is 17.5. The molecule has 0 unspecified atom stereocenters. The largest absolute Gasteiger partial charge is 0.309 e. The van der Waals surface area contributed by atoms with Gasteiger partial charge in [-0.05, 0) is 19.1 Å². The third kappa shape index (κ3) is 1.93. The molecule has 0 saturated heterocycles. The van der Waals surface area contributed by atoms with Gasteiger partial charge in [0.15, 0.2) is 0 Å². The van der Waals surface area contributed by atoms with Gasteiger partial charge >= 0.3 is 0 Å². The SMILES string of the molecule is Cc1nc(C(=O)N(C)c2ccccc2)n[nH]1. The van der Waals surface area contributed by atoms with Crippen molar-refractivity contribution in [1.82, 2.24) is 15.2 Å². The molecule has 0 aliphatic rings. The zero-order chi connectivity index (χ0) is 11.5. The molecule has 2 aromatic rings. The Morgan fingerprint density at radius 1 is 1.31 bits per heavy atom. The van der Waals surface area contributed by atoms with Gasteiger partial charge in [0.05, 0.1) is 0 Å². The lowest BCUT2D eigenvalue weighted by Gasteiger charge is -2.14. The number of para-hydroxylation sites is 1. The molecule has 0 spiro atoms. The minimum Gasteiger partial charge on any atom is -0.309 e. The Kier molecular flexibility index (Phi) is 2.68. The number of nitrogens with zero attached hydrogens (tertiary/aromatic N) is 3. The minimum atomic E-state index is -0.226. The van der Waals surface area contributed by atoms with Gasteiger partial charge in [-0.25, -0.2) is 4.98 Å². The van der Waals surface area contributed by atoms with E-state index < -0.39 is 0 Å². The Bertz CT molecular complexity index is 492. The number of anilines is 1. The van der Waals surface area contributed by atoms with Gasteiger partial charge in [0.25, 0.3) is 5.91 Å². The topological polar surface area (TPSA) is 61.9 Å². The summed E-state index contributed by atoms with van der Waals surface area (Å²) in [5.74, 6) is 0.587. The van der Waals surface area contributed by atoms with Crippen molar-refractivity contribution < 1.29 is 4.79 Å². The monoisotopic (exact) mass is 216 g/mol. The molecule has 1 aromatic heterocycles. The minimum absolute atomic E-state index is 0.184. The summed E-state index contributed by atoms with van der Waals surface area (Å²) in [5.41, 5.74) is 0.815. The van der Waals surface area contributed by atoms with Crippen LogP contribution in [0.4, 0.5) is 5.69 Å². The number of amides is 1. The van der Waals surface area contributed by atoms with Gasteiger partial charge in [-0.1, -0.05) is 18.2 Å². The summed E-state index contributed by atoms with van der Waals surface area (Å²) < 4.78 is 0. The van der Waals surface area contributed by atoms with Crippen LogP contribution >= 0.6 is 0 Å². The van der Waals surface area contributed by atoms with Crippen LogP contribution < -0.4 is 4.90 Å². The third-order valence-corrected chi connectivity index (χ3v) is 2.24. The fourth-order valence-corrected chi connectivity index (χ4v) is 1.36. The second-order valence-electron chi connectivity index (χ2n) is 3.44. The van der Waals surface area contributed by atoms with Crippen LogP contribution in [0.5, 0.6) is 0 Å². The summed E-state index contributed by atoms with van der Waals surface area (Å²) in [6, 6.07) is 9.37. The van der Waals surface area contributed by atoms with Crippen molar-refractivity contribution >= 4 is 11.6 Å². The Labute approximate surface area is 93.1 Å². The molecule has 5 heteroatoms. The number of rotatable bonds is 2.